The molecule has 0 saturated carbocycles. The Balaban J connectivity index is 1.96. The van der Waals surface area contributed by atoms with Crippen molar-refractivity contribution in [2.75, 3.05) is 13.2 Å². The van der Waals surface area contributed by atoms with Gasteiger partial charge in [-0.05, 0) is 36.6 Å². The minimum absolute atomic E-state index is 0.00956. The average Bonchev–Trinajstić information content (AvgIpc) is 3.04. The maximum Gasteiger partial charge on any atom is 0.387 e. The van der Waals surface area contributed by atoms with E-state index in [2.05, 4.69) is 10.1 Å². The lowest BCUT2D eigenvalue weighted by atomic mass is 10.1. The van der Waals surface area contributed by atoms with E-state index in [4.69, 9.17) is 10.00 Å². The Morgan fingerprint density at radius 2 is 2.22 bits per heavy atom. The molecule has 122 valence electrons. The van der Waals surface area contributed by atoms with Crippen molar-refractivity contribution in [3.05, 3.63) is 35.4 Å². The Kier molecular flexibility index (Phi) is 6.06. The summed E-state index contributed by atoms with van der Waals surface area (Å²) in [5.41, 5.74) is 0.473. The first-order valence-electron chi connectivity index (χ1n) is 7.15. The van der Waals surface area contributed by atoms with Crippen LogP contribution in [-0.4, -0.2) is 31.8 Å². The van der Waals surface area contributed by atoms with E-state index in [0.29, 0.717) is 18.7 Å². The van der Waals surface area contributed by atoms with E-state index < -0.39 is 12.5 Å². The van der Waals surface area contributed by atoms with Crippen LogP contribution in [0.25, 0.3) is 6.08 Å². The molecule has 1 N–H and O–H groups in total. The van der Waals surface area contributed by atoms with Crippen LogP contribution in [0, 0.1) is 11.3 Å². The van der Waals surface area contributed by atoms with Gasteiger partial charge in [-0.1, -0.05) is 12.1 Å². The van der Waals surface area contributed by atoms with Crippen LogP contribution in [0.1, 0.15) is 18.4 Å². The fourth-order valence-corrected chi connectivity index (χ4v) is 2.17. The number of nitrogens with zero attached hydrogens (tertiary/aromatic N) is 1. The second-order valence-corrected chi connectivity index (χ2v) is 4.96. The van der Waals surface area contributed by atoms with Gasteiger partial charge in [0.25, 0.3) is 5.91 Å². The Labute approximate surface area is 132 Å². The van der Waals surface area contributed by atoms with Crippen molar-refractivity contribution in [2.24, 2.45) is 0 Å². The SMILES string of the molecule is N#C/C(=C\c1ccc(OC(F)F)cc1)C(=O)NCC1CCCO1. The quantitative estimate of drug-likeness (QED) is 0.645. The monoisotopic (exact) mass is 322 g/mol. The third-order valence-corrected chi connectivity index (χ3v) is 3.30. The van der Waals surface area contributed by atoms with Crippen molar-refractivity contribution in [3.63, 3.8) is 0 Å². The van der Waals surface area contributed by atoms with Gasteiger partial charge in [0.1, 0.15) is 17.4 Å². The zero-order valence-electron chi connectivity index (χ0n) is 12.3. The highest BCUT2D eigenvalue weighted by molar-refractivity contribution is 6.01. The first-order chi connectivity index (χ1) is 11.1. The van der Waals surface area contributed by atoms with Crippen molar-refractivity contribution in [2.45, 2.75) is 25.6 Å². The zero-order chi connectivity index (χ0) is 16.7. The lowest BCUT2D eigenvalue weighted by Gasteiger charge is -2.10. The summed E-state index contributed by atoms with van der Waals surface area (Å²) < 4.78 is 33.7. The third kappa shape index (κ3) is 5.34. The van der Waals surface area contributed by atoms with Gasteiger partial charge < -0.3 is 14.8 Å². The number of hydrogen-bond acceptors (Lipinski definition) is 4. The number of nitrogens with one attached hydrogen (secondary N) is 1. The number of alkyl halides is 2. The molecule has 7 heteroatoms. The molecule has 1 saturated heterocycles. The third-order valence-electron chi connectivity index (χ3n) is 3.30. The number of ether oxygens (including phenoxy) is 2. The molecule has 2 rings (SSSR count). The Morgan fingerprint density at radius 3 is 2.78 bits per heavy atom. The van der Waals surface area contributed by atoms with Gasteiger partial charge in [0.2, 0.25) is 0 Å². The van der Waals surface area contributed by atoms with Crippen molar-refractivity contribution >= 4 is 12.0 Å². The molecule has 1 fully saturated rings. The highest BCUT2D eigenvalue weighted by Gasteiger charge is 2.17. The maximum atomic E-state index is 12.1. The van der Waals surface area contributed by atoms with Crippen LogP contribution in [0.2, 0.25) is 0 Å². The van der Waals surface area contributed by atoms with Crippen LogP contribution >= 0.6 is 0 Å². The molecule has 0 aliphatic carbocycles. The minimum Gasteiger partial charge on any atom is -0.435 e. The summed E-state index contributed by atoms with van der Waals surface area (Å²) >= 11 is 0. The summed E-state index contributed by atoms with van der Waals surface area (Å²) in [7, 11) is 0. The number of halogens is 2. The smallest absolute Gasteiger partial charge is 0.387 e. The zero-order valence-corrected chi connectivity index (χ0v) is 12.3. The molecule has 1 aliphatic rings. The van der Waals surface area contributed by atoms with Crippen LogP contribution < -0.4 is 10.1 Å². The number of rotatable bonds is 6. The fraction of sp³-hybridized carbons (Fsp3) is 0.375. The lowest BCUT2D eigenvalue weighted by molar-refractivity contribution is -0.117. The van der Waals surface area contributed by atoms with Gasteiger partial charge in [-0.15, -0.1) is 0 Å². The van der Waals surface area contributed by atoms with Gasteiger partial charge >= 0.3 is 6.61 Å². The van der Waals surface area contributed by atoms with Crippen molar-refractivity contribution in [3.8, 4) is 11.8 Å². The summed E-state index contributed by atoms with van der Waals surface area (Å²) in [6.45, 7) is -1.84. The van der Waals surface area contributed by atoms with Gasteiger partial charge in [-0.25, -0.2) is 0 Å². The molecule has 1 aromatic rings. The van der Waals surface area contributed by atoms with Crippen LogP contribution in [0.15, 0.2) is 29.8 Å². The number of carbonyl (C=O) groups excluding carboxylic acids is 1. The predicted octanol–water partition coefficient (Wildman–Crippen LogP) is 2.49. The van der Waals surface area contributed by atoms with Gasteiger partial charge in [-0.3, -0.25) is 4.79 Å². The normalized spacial score (nSPS) is 17.8. The van der Waals surface area contributed by atoms with E-state index in [1.165, 1.54) is 30.3 Å². The van der Waals surface area contributed by atoms with Crippen LogP contribution in [-0.2, 0) is 9.53 Å². The number of amides is 1. The predicted molar refractivity (Wildman–Crippen MR) is 78.6 cm³/mol. The van der Waals surface area contributed by atoms with E-state index in [1.807, 2.05) is 6.07 Å². The summed E-state index contributed by atoms with van der Waals surface area (Å²) in [6.07, 6.45) is 3.23. The highest BCUT2D eigenvalue weighted by atomic mass is 19.3. The van der Waals surface area contributed by atoms with Crippen molar-refractivity contribution in [1.29, 1.82) is 5.26 Å². The number of benzene rings is 1. The second kappa shape index (κ2) is 8.25. The molecule has 0 aromatic heterocycles. The largest absolute Gasteiger partial charge is 0.435 e. The molecule has 1 atom stereocenters. The molecule has 5 nitrogen and oxygen atoms in total. The average molecular weight is 322 g/mol. The molecule has 1 heterocycles. The van der Waals surface area contributed by atoms with Crippen LogP contribution in [0.5, 0.6) is 5.75 Å². The summed E-state index contributed by atoms with van der Waals surface area (Å²) in [4.78, 5) is 12.0. The van der Waals surface area contributed by atoms with Gasteiger partial charge in [0, 0.05) is 13.2 Å². The van der Waals surface area contributed by atoms with Gasteiger partial charge in [-0.2, -0.15) is 14.0 Å². The number of nitriles is 1. The van der Waals surface area contributed by atoms with E-state index in [0.717, 1.165) is 12.8 Å². The molecule has 1 amide bonds. The van der Waals surface area contributed by atoms with E-state index in [-0.39, 0.29) is 17.4 Å². The van der Waals surface area contributed by atoms with Gasteiger partial charge in [0.05, 0.1) is 6.10 Å². The van der Waals surface area contributed by atoms with Crippen LogP contribution in [0.3, 0.4) is 0 Å². The van der Waals surface area contributed by atoms with Crippen LogP contribution in [0.4, 0.5) is 8.78 Å². The summed E-state index contributed by atoms with van der Waals surface area (Å²) in [6, 6.07) is 7.50. The number of carbonyl (C=O) groups is 1. The second-order valence-electron chi connectivity index (χ2n) is 4.96. The molecule has 23 heavy (non-hydrogen) atoms. The molecule has 0 radical (unpaired) electrons. The molecule has 1 aromatic carbocycles. The molecule has 1 aliphatic heterocycles. The van der Waals surface area contributed by atoms with Crippen molar-refractivity contribution < 1.29 is 23.0 Å². The highest BCUT2D eigenvalue weighted by Crippen LogP contribution is 2.17. The molecule has 0 spiro atoms. The van der Waals surface area contributed by atoms with E-state index >= 15 is 0 Å². The molecule has 0 bridgehead atoms. The minimum atomic E-state index is -2.89. The fourth-order valence-electron chi connectivity index (χ4n) is 2.17. The molecular formula is C16H16F2N2O3. The Hall–Kier alpha value is -2.46. The Bertz CT molecular complexity index is 603. The molecule has 1 unspecified atom stereocenters. The first kappa shape index (κ1) is 16.9. The Morgan fingerprint density at radius 1 is 1.48 bits per heavy atom. The van der Waals surface area contributed by atoms with Gasteiger partial charge in [0.15, 0.2) is 0 Å². The van der Waals surface area contributed by atoms with E-state index in [1.54, 1.807) is 0 Å². The first-order valence-corrected chi connectivity index (χ1v) is 7.15. The summed E-state index contributed by atoms with van der Waals surface area (Å²) in [5.74, 6) is -0.477. The summed E-state index contributed by atoms with van der Waals surface area (Å²) in [5, 5.41) is 11.7. The number of hydrogen-bond donors (Lipinski definition) is 1. The molecular weight excluding hydrogens is 306 g/mol. The maximum absolute atomic E-state index is 12.1. The topological polar surface area (TPSA) is 71.3 Å². The van der Waals surface area contributed by atoms with Crippen molar-refractivity contribution in [1.82, 2.24) is 5.32 Å². The van der Waals surface area contributed by atoms with E-state index in [9.17, 15) is 13.6 Å². The standard InChI is InChI=1S/C16H16F2N2O3/c17-16(18)23-13-5-3-11(4-6-13)8-12(9-19)15(21)20-10-14-2-1-7-22-14/h3-6,8,14,16H,1-2,7,10H2,(H,20,21)/b12-8+. The lowest BCUT2D eigenvalue weighted by Crippen LogP contribution is -2.32.